The van der Waals surface area contributed by atoms with Gasteiger partial charge in [0.2, 0.25) is 0 Å². The van der Waals surface area contributed by atoms with Crippen molar-refractivity contribution in [3.63, 3.8) is 0 Å². The van der Waals surface area contributed by atoms with Crippen molar-refractivity contribution in [2.75, 3.05) is 7.05 Å². The smallest absolute Gasteiger partial charge is 0.269 e. The van der Waals surface area contributed by atoms with Gasteiger partial charge in [-0.3, -0.25) is 10.1 Å². The van der Waals surface area contributed by atoms with Crippen LogP contribution in [0.15, 0.2) is 46.9 Å². The molecule has 4 nitrogen and oxygen atoms in total. The maximum Gasteiger partial charge on any atom is 0.269 e. The molecule has 0 amide bonds. The maximum atomic E-state index is 14.1. The molecule has 110 valence electrons. The standard InChI is InChI=1S/C15H14BrFN2O2/c1-18-14(12-3-2-4-13(16)15(12)17)9-10-5-7-11(8-6-10)19(20)21/h2-8,14,18H,9H2,1H3. The van der Waals surface area contributed by atoms with Crippen molar-refractivity contribution < 1.29 is 9.31 Å². The molecule has 21 heavy (non-hydrogen) atoms. The van der Waals surface area contributed by atoms with E-state index in [0.29, 0.717) is 16.5 Å². The molecule has 0 saturated heterocycles. The molecule has 0 heterocycles. The molecule has 0 aliphatic rings. The van der Waals surface area contributed by atoms with Gasteiger partial charge in [-0.05, 0) is 41.0 Å². The summed E-state index contributed by atoms with van der Waals surface area (Å²) in [4.78, 5) is 10.2. The zero-order valence-electron chi connectivity index (χ0n) is 11.3. The van der Waals surface area contributed by atoms with E-state index in [1.807, 2.05) is 0 Å². The molecular formula is C15H14BrFN2O2. The first-order chi connectivity index (χ1) is 10.0. The summed E-state index contributed by atoms with van der Waals surface area (Å²) in [5.41, 5.74) is 1.51. The van der Waals surface area contributed by atoms with Crippen molar-refractivity contribution in [3.05, 3.63) is 74.0 Å². The maximum absolute atomic E-state index is 14.1. The molecule has 2 aromatic rings. The Morgan fingerprint density at radius 1 is 1.29 bits per heavy atom. The monoisotopic (exact) mass is 352 g/mol. The Hall–Kier alpha value is -1.79. The van der Waals surface area contributed by atoms with Crippen molar-refractivity contribution in [2.45, 2.75) is 12.5 Å². The third kappa shape index (κ3) is 3.65. The number of nitrogens with one attached hydrogen (secondary N) is 1. The van der Waals surface area contributed by atoms with Crippen LogP contribution in [0.5, 0.6) is 0 Å². The lowest BCUT2D eigenvalue weighted by Crippen LogP contribution is -2.20. The van der Waals surface area contributed by atoms with Crippen LogP contribution in [0, 0.1) is 15.9 Å². The van der Waals surface area contributed by atoms with E-state index in [-0.39, 0.29) is 17.5 Å². The zero-order chi connectivity index (χ0) is 15.4. The van der Waals surface area contributed by atoms with E-state index in [0.717, 1.165) is 5.56 Å². The summed E-state index contributed by atoms with van der Waals surface area (Å²) in [6.07, 6.45) is 0.544. The number of nitro benzene ring substituents is 1. The summed E-state index contributed by atoms with van der Waals surface area (Å²) in [5, 5.41) is 13.7. The predicted octanol–water partition coefficient (Wildman–Crippen LogP) is 4.00. The van der Waals surface area contributed by atoms with Crippen molar-refractivity contribution >= 4 is 21.6 Å². The van der Waals surface area contributed by atoms with Gasteiger partial charge in [0.15, 0.2) is 0 Å². The Balaban J connectivity index is 2.23. The second kappa shape index (κ2) is 6.78. The second-order valence-corrected chi connectivity index (χ2v) is 5.47. The van der Waals surface area contributed by atoms with Crippen molar-refractivity contribution in [2.24, 2.45) is 0 Å². The summed E-state index contributed by atoms with van der Waals surface area (Å²) >= 11 is 3.18. The van der Waals surface area contributed by atoms with Gasteiger partial charge in [0.1, 0.15) is 5.82 Å². The second-order valence-electron chi connectivity index (χ2n) is 4.61. The molecule has 1 atom stereocenters. The van der Waals surface area contributed by atoms with Gasteiger partial charge >= 0.3 is 0 Å². The molecular weight excluding hydrogens is 339 g/mol. The lowest BCUT2D eigenvalue weighted by atomic mass is 9.98. The van der Waals surface area contributed by atoms with Gasteiger partial charge in [-0.1, -0.05) is 24.3 Å². The van der Waals surface area contributed by atoms with Crippen LogP contribution in [0.25, 0.3) is 0 Å². The van der Waals surface area contributed by atoms with Gasteiger partial charge in [-0.2, -0.15) is 0 Å². The van der Waals surface area contributed by atoms with Crippen molar-refractivity contribution in [1.29, 1.82) is 0 Å². The van der Waals surface area contributed by atoms with E-state index in [4.69, 9.17) is 0 Å². The normalized spacial score (nSPS) is 12.1. The summed E-state index contributed by atoms with van der Waals surface area (Å²) < 4.78 is 14.6. The van der Waals surface area contributed by atoms with Gasteiger partial charge < -0.3 is 5.32 Å². The molecule has 0 spiro atoms. The van der Waals surface area contributed by atoms with E-state index in [9.17, 15) is 14.5 Å². The lowest BCUT2D eigenvalue weighted by molar-refractivity contribution is -0.384. The molecule has 0 aliphatic heterocycles. The van der Waals surface area contributed by atoms with Crippen LogP contribution in [-0.2, 0) is 6.42 Å². The SMILES string of the molecule is CNC(Cc1ccc([N+](=O)[O-])cc1)c1cccc(Br)c1F. The zero-order valence-corrected chi connectivity index (χ0v) is 12.9. The minimum Gasteiger partial charge on any atom is -0.313 e. The minimum absolute atomic E-state index is 0.0494. The highest BCUT2D eigenvalue weighted by Crippen LogP contribution is 2.26. The molecule has 0 radical (unpaired) electrons. The van der Waals surface area contributed by atoms with Crippen LogP contribution in [0.4, 0.5) is 10.1 Å². The van der Waals surface area contributed by atoms with E-state index in [1.54, 1.807) is 37.4 Å². The van der Waals surface area contributed by atoms with Crippen LogP contribution in [0.1, 0.15) is 17.2 Å². The summed E-state index contributed by atoms with van der Waals surface area (Å²) in [5.74, 6) is -0.293. The summed E-state index contributed by atoms with van der Waals surface area (Å²) in [7, 11) is 1.76. The molecule has 1 N–H and O–H groups in total. The number of hydrogen-bond donors (Lipinski definition) is 1. The quantitative estimate of drug-likeness (QED) is 0.653. The Kier molecular flexibility index (Phi) is 5.03. The van der Waals surface area contributed by atoms with Gasteiger partial charge in [0.05, 0.1) is 9.40 Å². The first-order valence-electron chi connectivity index (χ1n) is 6.37. The fourth-order valence-corrected chi connectivity index (χ4v) is 2.53. The van der Waals surface area contributed by atoms with Gasteiger partial charge in [0.25, 0.3) is 5.69 Å². The highest BCUT2D eigenvalue weighted by molar-refractivity contribution is 9.10. The third-order valence-corrected chi connectivity index (χ3v) is 3.90. The topological polar surface area (TPSA) is 55.2 Å². The summed E-state index contributed by atoms with van der Waals surface area (Å²) in [6, 6.07) is 11.3. The van der Waals surface area contributed by atoms with Crippen LogP contribution in [0.3, 0.4) is 0 Å². The molecule has 0 saturated carbocycles. The van der Waals surface area contributed by atoms with Crippen LogP contribution in [0.2, 0.25) is 0 Å². The average Bonchev–Trinajstić information content (AvgIpc) is 2.48. The predicted molar refractivity (Wildman–Crippen MR) is 82.7 cm³/mol. The number of nitro groups is 1. The highest BCUT2D eigenvalue weighted by atomic mass is 79.9. The van der Waals surface area contributed by atoms with Crippen LogP contribution >= 0.6 is 15.9 Å². The molecule has 0 fully saturated rings. The number of hydrogen-bond acceptors (Lipinski definition) is 3. The fourth-order valence-electron chi connectivity index (χ4n) is 2.15. The Labute approximate surface area is 130 Å². The average molecular weight is 353 g/mol. The molecule has 0 bridgehead atoms. The number of non-ortho nitro benzene ring substituents is 1. The van der Waals surface area contributed by atoms with Crippen molar-refractivity contribution in [1.82, 2.24) is 5.32 Å². The molecule has 0 aromatic heterocycles. The molecule has 6 heteroatoms. The first-order valence-corrected chi connectivity index (χ1v) is 7.16. The Bertz CT molecular complexity index is 647. The van der Waals surface area contributed by atoms with Gasteiger partial charge in [-0.15, -0.1) is 0 Å². The van der Waals surface area contributed by atoms with E-state index >= 15 is 0 Å². The van der Waals surface area contributed by atoms with Gasteiger partial charge in [0, 0.05) is 23.7 Å². The third-order valence-electron chi connectivity index (χ3n) is 3.29. The highest BCUT2D eigenvalue weighted by Gasteiger charge is 2.16. The Morgan fingerprint density at radius 3 is 2.52 bits per heavy atom. The van der Waals surface area contributed by atoms with E-state index < -0.39 is 4.92 Å². The molecule has 2 rings (SSSR count). The summed E-state index contributed by atoms with van der Waals surface area (Å²) in [6.45, 7) is 0. The molecule has 1 unspecified atom stereocenters. The first kappa shape index (κ1) is 15.6. The number of nitrogens with zero attached hydrogens (tertiary/aromatic N) is 1. The largest absolute Gasteiger partial charge is 0.313 e. The number of halogens is 2. The number of likely N-dealkylation sites (N-methyl/N-ethyl adjacent to an activating group) is 1. The van der Waals surface area contributed by atoms with Crippen molar-refractivity contribution in [3.8, 4) is 0 Å². The fraction of sp³-hybridized carbons (Fsp3) is 0.200. The lowest BCUT2D eigenvalue weighted by Gasteiger charge is -2.18. The molecule has 2 aromatic carbocycles. The number of rotatable bonds is 5. The van der Waals surface area contributed by atoms with E-state index in [1.165, 1.54) is 12.1 Å². The molecule has 0 aliphatic carbocycles. The van der Waals surface area contributed by atoms with E-state index in [2.05, 4.69) is 21.2 Å². The van der Waals surface area contributed by atoms with Gasteiger partial charge in [-0.25, -0.2) is 4.39 Å². The van der Waals surface area contributed by atoms with Crippen LogP contribution in [-0.4, -0.2) is 12.0 Å². The Morgan fingerprint density at radius 2 is 1.95 bits per heavy atom. The number of benzene rings is 2. The van der Waals surface area contributed by atoms with Crippen LogP contribution < -0.4 is 5.32 Å². The minimum atomic E-state index is -0.437.